The summed E-state index contributed by atoms with van der Waals surface area (Å²) in [5.41, 5.74) is 0. The fraction of sp³-hybridized carbons (Fsp3) is 0.615. The number of aryl methyl sites for hydroxylation is 1. The van der Waals surface area contributed by atoms with Gasteiger partial charge in [0.1, 0.15) is 5.76 Å². The van der Waals surface area contributed by atoms with E-state index < -0.39 is 0 Å². The van der Waals surface area contributed by atoms with Gasteiger partial charge < -0.3 is 14.6 Å². The fourth-order valence-electron chi connectivity index (χ4n) is 2.31. The minimum atomic E-state index is 0.0308. The van der Waals surface area contributed by atoms with Crippen LogP contribution in [0.5, 0.6) is 0 Å². The third-order valence-corrected chi connectivity index (χ3v) is 3.29. The first kappa shape index (κ1) is 12.2. The Balaban J connectivity index is 1.96. The minimum Gasteiger partial charge on any atom is -0.456 e. The van der Waals surface area contributed by atoms with Gasteiger partial charge in [0.05, 0.1) is 0 Å². The van der Waals surface area contributed by atoms with E-state index in [0.717, 1.165) is 38.2 Å². The van der Waals surface area contributed by atoms with Crippen molar-refractivity contribution in [1.29, 1.82) is 0 Å². The van der Waals surface area contributed by atoms with Crippen LogP contribution in [0.1, 0.15) is 29.7 Å². The lowest BCUT2D eigenvalue weighted by Gasteiger charge is -2.14. The Bertz CT molecular complexity index is 387. The molecule has 1 saturated heterocycles. The summed E-state index contributed by atoms with van der Waals surface area (Å²) < 4.78 is 5.50. The van der Waals surface area contributed by atoms with Crippen molar-refractivity contribution >= 4 is 5.91 Å². The topological polar surface area (TPSA) is 45.5 Å². The molecule has 1 unspecified atom stereocenters. The van der Waals surface area contributed by atoms with E-state index in [2.05, 4.69) is 5.32 Å². The first-order chi connectivity index (χ1) is 8.24. The van der Waals surface area contributed by atoms with Gasteiger partial charge in [0.15, 0.2) is 5.76 Å². The Morgan fingerprint density at radius 3 is 3.06 bits per heavy atom. The molecule has 0 bridgehead atoms. The van der Waals surface area contributed by atoms with Gasteiger partial charge in [-0.3, -0.25) is 4.79 Å². The van der Waals surface area contributed by atoms with Crippen molar-refractivity contribution in [3.63, 3.8) is 0 Å². The van der Waals surface area contributed by atoms with Gasteiger partial charge in [-0.05, 0) is 38.1 Å². The molecular weight excluding hydrogens is 216 g/mol. The highest BCUT2D eigenvalue weighted by molar-refractivity contribution is 5.91. The Morgan fingerprint density at radius 2 is 2.41 bits per heavy atom. The van der Waals surface area contributed by atoms with E-state index in [-0.39, 0.29) is 5.91 Å². The molecule has 17 heavy (non-hydrogen) atoms. The first-order valence-electron chi connectivity index (χ1n) is 6.27. The molecule has 1 N–H and O–H groups in total. The van der Waals surface area contributed by atoms with Crippen LogP contribution in [0.15, 0.2) is 16.5 Å². The van der Waals surface area contributed by atoms with Crippen LogP contribution in [0.3, 0.4) is 0 Å². The molecule has 0 radical (unpaired) electrons. The Morgan fingerprint density at radius 1 is 1.59 bits per heavy atom. The summed E-state index contributed by atoms with van der Waals surface area (Å²) in [5.74, 6) is 1.96. The number of furan rings is 1. The molecule has 1 aliphatic rings. The van der Waals surface area contributed by atoms with Gasteiger partial charge >= 0.3 is 0 Å². The summed E-state index contributed by atoms with van der Waals surface area (Å²) in [6.07, 6.45) is 1.91. The SMILES string of the molecule is CCc1ccc(C(=O)N2CCC(CNC)C2)o1. The van der Waals surface area contributed by atoms with Gasteiger partial charge in [0, 0.05) is 19.5 Å². The van der Waals surface area contributed by atoms with Crippen molar-refractivity contribution in [2.45, 2.75) is 19.8 Å². The quantitative estimate of drug-likeness (QED) is 0.862. The van der Waals surface area contributed by atoms with Crippen LogP contribution in [-0.2, 0) is 6.42 Å². The number of hydrogen-bond acceptors (Lipinski definition) is 3. The molecular formula is C13H20N2O2. The summed E-state index contributed by atoms with van der Waals surface area (Å²) in [6, 6.07) is 3.67. The number of likely N-dealkylation sites (tertiary alicyclic amines) is 1. The number of rotatable bonds is 4. The lowest BCUT2D eigenvalue weighted by molar-refractivity contribution is 0.0754. The van der Waals surface area contributed by atoms with Gasteiger partial charge in [-0.15, -0.1) is 0 Å². The van der Waals surface area contributed by atoms with Gasteiger partial charge in [0.25, 0.3) is 5.91 Å². The highest BCUT2D eigenvalue weighted by Crippen LogP contribution is 2.19. The zero-order valence-corrected chi connectivity index (χ0v) is 10.5. The Kier molecular flexibility index (Phi) is 3.84. The van der Waals surface area contributed by atoms with E-state index in [0.29, 0.717) is 11.7 Å². The zero-order valence-electron chi connectivity index (χ0n) is 10.5. The standard InChI is InChI=1S/C13H20N2O2/c1-3-11-4-5-12(17-11)13(16)15-7-6-10(9-15)8-14-2/h4-5,10,14H,3,6-9H2,1-2H3. The average molecular weight is 236 g/mol. The lowest BCUT2D eigenvalue weighted by atomic mass is 10.1. The van der Waals surface area contributed by atoms with E-state index in [1.807, 2.05) is 24.9 Å². The van der Waals surface area contributed by atoms with Gasteiger partial charge in [-0.1, -0.05) is 6.92 Å². The number of carbonyl (C=O) groups is 1. The molecule has 0 aromatic carbocycles. The largest absolute Gasteiger partial charge is 0.456 e. The molecule has 0 spiro atoms. The molecule has 4 nitrogen and oxygen atoms in total. The highest BCUT2D eigenvalue weighted by Gasteiger charge is 2.27. The van der Waals surface area contributed by atoms with Gasteiger partial charge in [-0.25, -0.2) is 0 Å². The maximum absolute atomic E-state index is 12.1. The monoisotopic (exact) mass is 236 g/mol. The number of carbonyl (C=O) groups excluding carboxylic acids is 1. The Labute approximate surface area is 102 Å². The highest BCUT2D eigenvalue weighted by atomic mass is 16.4. The van der Waals surface area contributed by atoms with Crippen LogP contribution in [0.2, 0.25) is 0 Å². The molecule has 2 heterocycles. The van der Waals surface area contributed by atoms with E-state index >= 15 is 0 Å². The van der Waals surface area contributed by atoms with Crippen LogP contribution >= 0.6 is 0 Å². The molecule has 1 aromatic heterocycles. The molecule has 1 atom stereocenters. The predicted molar refractivity (Wildman–Crippen MR) is 66.0 cm³/mol. The van der Waals surface area contributed by atoms with Crippen molar-refractivity contribution in [1.82, 2.24) is 10.2 Å². The van der Waals surface area contributed by atoms with Crippen LogP contribution in [-0.4, -0.2) is 37.5 Å². The first-order valence-corrected chi connectivity index (χ1v) is 6.27. The summed E-state index contributed by atoms with van der Waals surface area (Å²) in [5, 5.41) is 3.16. The van der Waals surface area contributed by atoms with E-state index in [9.17, 15) is 4.79 Å². The van der Waals surface area contributed by atoms with Gasteiger partial charge in [0.2, 0.25) is 0 Å². The minimum absolute atomic E-state index is 0.0308. The smallest absolute Gasteiger partial charge is 0.289 e. The second-order valence-electron chi connectivity index (χ2n) is 4.58. The van der Waals surface area contributed by atoms with Crippen molar-refractivity contribution in [3.8, 4) is 0 Å². The number of nitrogens with zero attached hydrogens (tertiary/aromatic N) is 1. The molecule has 1 aromatic rings. The van der Waals surface area contributed by atoms with Gasteiger partial charge in [-0.2, -0.15) is 0 Å². The fourth-order valence-corrected chi connectivity index (χ4v) is 2.31. The number of amides is 1. The normalized spacial score (nSPS) is 19.9. The van der Waals surface area contributed by atoms with E-state index in [1.165, 1.54) is 0 Å². The molecule has 4 heteroatoms. The van der Waals surface area contributed by atoms with Crippen LogP contribution in [0.4, 0.5) is 0 Å². The molecule has 1 fully saturated rings. The van der Waals surface area contributed by atoms with Crippen LogP contribution in [0.25, 0.3) is 0 Å². The summed E-state index contributed by atoms with van der Waals surface area (Å²) in [6.45, 7) is 4.67. The third kappa shape index (κ3) is 2.69. The van der Waals surface area contributed by atoms with Crippen LogP contribution < -0.4 is 5.32 Å². The second-order valence-corrected chi connectivity index (χ2v) is 4.58. The summed E-state index contributed by atoms with van der Waals surface area (Å²) in [7, 11) is 1.95. The lowest BCUT2D eigenvalue weighted by Crippen LogP contribution is -2.30. The molecule has 1 amide bonds. The van der Waals surface area contributed by atoms with Crippen molar-refractivity contribution in [2.75, 3.05) is 26.7 Å². The summed E-state index contributed by atoms with van der Waals surface area (Å²) >= 11 is 0. The number of nitrogens with one attached hydrogen (secondary N) is 1. The maximum Gasteiger partial charge on any atom is 0.289 e. The average Bonchev–Trinajstić information content (AvgIpc) is 2.97. The van der Waals surface area contributed by atoms with Crippen molar-refractivity contribution in [2.24, 2.45) is 5.92 Å². The predicted octanol–water partition coefficient (Wildman–Crippen LogP) is 1.52. The van der Waals surface area contributed by atoms with Crippen molar-refractivity contribution < 1.29 is 9.21 Å². The van der Waals surface area contributed by atoms with Crippen molar-refractivity contribution in [3.05, 3.63) is 23.7 Å². The number of hydrogen-bond donors (Lipinski definition) is 1. The molecule has 94 valence electrons. The van der Waals surface area contributed by atoms with Crippen LogP contribution in [0, 0.1) is 5.92 Å². The van der Waals surface area contributed by atoms with E-state index in [4.69, 9.17) is 4.42 Å². The maximum atomic E-state index is 12.1. The molecule has 1 aliphatic heterocycles. The summed E-state index contributed by atoms with van der Waals surface area (Å²) in [4.78, 5) is 14.0. The Hall–Kier alpha value is -1.29. The zero-order chi connectivity index (χ0) is 12.3. The molecule has 2 rings (SSSR count). The molecule has 0 saturated carbocycles. The second kappa shape index (κ2) is 5.36. The molecule has 0 aliphatic carbocycles. The van der Waals surface area contributed by atoms with E-state index in [1.54, 1.807) is 6.07 Å². The third-order valence-electron chi connectivity index (χ3n) is 3.29.